The van der Waals surface area contributed by atoms with E-state index in [-0.39, 0.29) is 0 Å². The summed E-state index contributed by atoms with van der Waals surface area (Å²) in [6, 6.07) is 0. The Kier molecular flexibility index (Phi) is 3.16. The largest absolute Gasteiger partial charge is 0.302 e. The summed E-state index contributed by atoms with van der Waals surface area (Å²) < 4.78 is 44.5. The van der Waals surface area contributed by atoms with E-state index < -0.39 is 23.9 Å². The molecular weight excluding hydrogens is 154 g/mol. The Hall–Kier alpha value is -0.0700. The molecule has 0 aromatic rings. The zero-order valence-corrected chi connectivity index (χ0v) is 5.45. The molecule has 0 aliphatic carbocycles. The van der Waals surface area contributed by atoms with Crippen LogP contribution in [0.2, 0.25) is 0 Å². The van der Waals surface area contributed by atoms with E-state index in [0.717, 1.165) is 0 Å². The number of hydrogen-bond donors (Lipinski definition) is 1. The first-order valence-corrected chi connectivity index (χ1v) is 3.07. The van der Waals surface area contributed by atoms with Crippen molar-refractivity contribution in [3.8, 4) is 0 Å². The molecule has 0 rings (SSSR count). The predicted octanol–water partition coefficient (Wildman–Crippen LogP) is 0.795. The van der Waals surface area contributed by atoms with Crippen LogP contribution >= 0.6 is 0 Å². The van der Waals surface area contributed by atoms with Gasteiger partial charge in [0.2, 0.25) is 0 Å². The third-order valence-corrected chi connectivity index (χ3v) is 0.733. The van der Waals surface area contributed by atoms with Crippen LogP contribution in [0, 0.1) is 0 Å². The molecule has 0 spiro atoms. The van der Waals surface area contributed by atoms with Crippen LogP contribution in [0.3, 0.4) is 0 Å². The van der Waals surface area contributed by atoms with E-state index in [2.05, 4.69) is 4.18 Å². The van der Waals surface area contributed by atoms with Crippen molar-refractivity contribution >= 4 is 11.4 Å². The van der Waals surface area contributed by atoms with E-state index in [4.69, 9.17) is 4.55 Å². The third-order valence-electron chi connectivity index (χ3n) is 0.413. The molecular formula is C3H6F2O3S. The molecule has 1 atom stereocenters. The third kappa shape index (κ3) is 7.93. The van der Waals surface area contributed by atoms with Crippen molar-refractivity contribution in [2.24, 2.45) is 0 Å². The van der Waals surface area contributed by atoms with Gasteiger partial charge in [-0.3, -0.25) is 8.74 Å². The van der Waals surface area contributed by atoms with Crippen molar-refractivity contribution in [3.05, 3.63) is 0 Å². The van der Waals surface area contributed by atoms with Gasteiger partial charge in [-0.25, -0.2) is 8.78 Å². The van der Waals surface area contributed by atoms with Gasteiger partial charge in [-0.05, 0) is 0 Å². The second kappa shape index (κ2) is 3.19. The lowest BCUT2D eigenvalue weighted by Crippen LogP contribution is -2.19. The van der Waals surface area contributed by atoms with E-state index >= 15 is 0 Å². The zero-order valence-electron chi connectivity index (χ0n) is 4.63. The molecule has 0 aromatic carbocycles. The lowest BCUT2D eigenvalue weighted by atomic mass is 10.4. The van der Waals surface area contributed by atoms with E-state index in [1.54, 1.807) is 0 Å². The Morgan fingerprint density at radius 1 is 1.78 bits per heavy atom. The van der Waals surface area contributed by atoms with Crippen molar-refractivity contribution in [2.45, 2.75) is 12.8 Å². The smallest absolute Gasteiger partial charge is 0.284 e. The second-order valence-electron chi connectivity index (χ2n) is 1.55. The van der Waals surface area contributed by atoms with Gasteiger partial charge >= 0.3 is 11.4 Å². The molecule has 0 amide bonds. The Bertz CT molecular complexity index is 110. The minimum atomic E-state index is -3.04. The Balaban J connectivity index is 3.39. The summed E-state index contributed by atoms with van der Waals surface area (Å²) in [4.78, 5) is 0. The highest BCUT2D eigenvalue weighted by atomic mass is 32.2. The minimum Gasteiger partial charge on any atom is -0.284 e. The molecule has 0 aliphatic heterocycles. The molecule has 0 aromatic heterocycles. The van der Waals surface area contributed by atoms with Gasteiger partial charge in [-0.2, -0.15) is 4.21 Å². The zero-order chi connectivity index (χ0) is 7.49. The first-order valence-electron chi connectivity index (χ1n) is 2.04. The molecule has 0 aliphatic rings. The van der Waals surface area contributed by atoms with E-state index in [1.807, 2.05) is 0 Å². The number of hydrogen-bond acceptors (Lipinski definition) is 2. The van der Waals surface area contributed by atoms with Gasteiger partial charge < -0.3 is 0 Å². The topological polar surface area (TPSA) is 46.5 Å². The molecule has 0 saturated heterocycles. The number of alkyl halides is 2. The highest BCUT2D eigenvalue weighted by Gasteiger charge is 2.22. The summed E-state index contributed by atoms with van der Waals surface area (Å²) in [5.74, 6) is -3.04. The lowest BCUT2D eigenvalue weighted by Gasteiger charge is -2.06. The van der Waals surface area contributed by atoms with Crippen LogP contribution < -0.4 is 0 Å². The highest BCUT2D eigenvalue weighted by molar-refractivity contribution is 7.74. The van der Waals surface area contributed by atoms with Crippen LogP contribution in [0.15, 0.2) is 0 Å². The molecule has 1 unspecified atom stereocenters. The number of rotatable bonds is 3. The van der Waals surface area contributed by atoms with Crippen LogP contribution in [0.1, 0.15) is 6.92 Å². The fraction of sp³-hybridized carbons (Fsp3) is 1.00. The predicted molar refractivity (Wildman–Crippen MR) is 27.3 cm³/mol. The average Bonchev–Trinajstić information content (AvgIpc) is 1.59. The quantitative estimate of drug-likeness (QED) is 0.621. The monoisotopic (exact) mass is 160 g/mol. The molecule has 3 nitrogen and oxygen atoms in total. The van der Waals surface area contributed by atoms with Gasteiger partial charge in [0, 0.05) is 6.92 Å². The Labute approximate surface area is 53.5 Å². The summed E-state index contributed by atoms with van der Waals surface area (Å²) in [7, 11) is 0. The molecule has 0 bridgehead atoms. The molecule has 6 heteroatoms. The molecule has 1 N–H and O–H groups in total. The van der Waals surface area contributed by atoms with Crippen molar-refractivity contribution in [1.82, 2.24) is 0 Å². The molecule has 0 fully saturated rings. The van der Waals surface area contributed by atoms with Gasteiger partial charge in [0.15, 0.2) is 0 Å². The summed E-state index contributed by atoms with van der Waals surface area (Å²) in [5, 5.41) is 0. The maximum absolute atomic E-state index is 11.7. The highest BCUT2D eigenvalue weighted by Crippen LogP contribution is 2.11. The first kappa shape index (κ1) is 8.93. The van der Waals surface area contributed by atoms with Crippen LogP contribution in [0.25, 0.3) is 0 Å². The van der Waals surface area contributed by atoms with Gasteiger partial charge in [0.1, 0.15) is 6.61 Å². The van der Waals surface area contributed by atoms with E-state index in [9.17, 15) is 13.0 Å². The second-order valence-corrected chi connectivity index (χ2v) is 2.22. The van der Waals surface area contributed by atoms with E-state index in [0.29, 0.717) is 6.92 Å². The summed E-state index contributed by atoms with van der Waals surface area (Å²) in [6.07, 6.45) is 0. The SMILES string of the molecule is CC(F)(F)COS(=O)O. The van der Waals surface area contributed by atoms with Crippen molar-refractivity contribution in [2.75, 3.05) is 6.61 Å². The minimum absolute atomic E-state index is 0.597. The molecule has 9 heavy (non-hydrogen) atoms. The lowest BCUT2D eigenvalue weighted by molar-refractivity contribution is -0.0215. The van der Waals surface area contributed by atoms with Crippen LogP contribution in [0.4, 0.5) is 8.78 Å². The van der Waals surface area contributed by atoms with E-state index in [1.165, 1.54) is 0 Å². The van der Waals surface area contributed by atoms with Crippen molar-refractivity contribution in [1.29, 1.82) is 0 Å². The fourth-order valence-corrected chi connectivity index (χ4v) is 0.462. The van der Waals surface area contributed by atoms with Crippen LogP contribution in [0.5, 0.6) is 0 Å². The summed E-state index contributed by atoms with van der Waals surface area (Å²) in [5.41, 5.74) is 0. The van der Waals surface area contributed by atoms with Gasteiger partial charge in [-0.1, -0.05) is 0 Å². The number of halogens is 2. The maximum atomic E-state index is 11.7. The fourth-order valence-electron chi connectivity index (χ4n) is 0.154. The molecule has 0 saturated carbocycles. The molecule has 0 radical (unpaired) electrons. The van der Waals surface area contributed by atoms with Crippen molar-refractivity contribution in [3.63, 3.8) is 0 Å². The maximum Gasteiger partial charge on any atom is 0.302 e. The van der Waals surface area contributed by atoms with Gasteiger partial charge in [0.05, 0.1) is 0 Å². The van der Waals surface area contributed by atoms with Gasteiger partial charge in [-0.15, -0.1) is 0 Å². The summed E-state index contributed by atoms with van der Waals surface area (Å²) >= 11 is -2.59. The van der Waals surface area contributed by atoms with Gasteiger partial charge in [0.25, 0.3) is 5.92 Å². The van der Waals surface area contributed by atoms with Crippen LogP contribution in [-0.2, 0) is 15.5 Å². The summed E-state index contributed by atoms with van der Waals surface area (Å²) in [6.45, 7) is -0.435. The Morgan fingerprint density at radius 3 is 2.33 bits per heavy atom. The standard InChI is InChI=1S/C3H6F2O3S/c1-3(4,5)2-8-9(6)7/h2H2,1H3,(H,6,7). The molecule has 56 valence electrons. The molecule has 0 heterocycles. The first-order chi connectivity index (χ1) is 3.92. The average molecular weight is 160 g/mol. The normalized spacial score (nSPS) is 15.6. The Morgan fingerprint density at radius 2 is 2.22 bits per heavy atom. The van der Waals surface area contributed by atoms with Crippen molar-refractivity contribution < 1.29 is 21.7 Å². The van der Waals surface area contributed by atoms with Crippen LogP contribution in [-0.4, -0.2) is 21.3 Å².